The van der Waals surface area contributed by atoms with E-state index < -0.39 is 6.10 Å². The van der Waals surface area contributed by atoms with Crippen LogP contribution in [0.5, 0.6) is 0 Å². The number of unbranched alkanes of at least 4 members (excludes halogenated alkanes) is 42. The van der Waals surface area contributed by atoms with Gasteiger partial charge in [0, 0.05) is 19.3 Å². The van der Waals surface area contributed by atoms with E-state index in [1.165, 1.54) is 244 Å². The minimum absolute atomic E-state index is 0.0710. The Kier molecular flexibility index (Phi) is 61.7. The molecular formula is C69H126O6. The van der Waals surface area contributed by atoms with Gasteiger partial charge in [0.05, 0.1) is 0 Å². The van der Waals surface area contributed by atoms with E-state index in [0.717, 1.165) is 70.6 Å². The highest BCUT2D eigenvalue weighted by Gasteiger charge is 2.19. The van der Waals surface area contributed by atoms with Crippen LogP contribution in [-0.2, 0) is 28.6 Å². The summed E-state index contributed by atoms with van der Waals surface area (Å²) in [7, 11) is 0. The molecule has 0 fully saturated rings. The Bertz CT molecular complexity index is 1300. The lowest BCUT2D eigenvalue weighted by Gasteiger charge is -2.18. The lowest BCUT2D eigenvalue weighted by Crippen LogP contribution is -2.30. The lowest BCUT2D eigenvalue weighted by molar-refractivity contribution is -0.167. The molecule has 0 aliphatic carbocycles. The van der Waals surface area contributed by atoms with Gasteiger partial charge in [0.1, 0.15) is 13.2 Å². The molecule has 6 nitrogen and oxygen atoms in total. The van der Waals surface area contributed by atoms with Crippen molar-refractivity contribution in [3.63, 3.8) is 0 Å². The second-order valence-corrected chi connectivity index (χ2v) is 22.4. The van der Waals surface area contributed by atoms with Crippen molar-refractivity contribution in [1.82, 2.24) is 0 Å². The van der Waals surface area contributed by atoms with Crippen LogP contribution in [0.1, 0.15) is 355 Å². The molecule has 438 valence electrons. The molecule has 0 spiro atoms. The topological polar surface area (TPSA) is 78.9 Å². The van der Waals surface area contributed by atoms with Crippen LogP contribution in [0.4, 0.5) is 0 Å². The van der Waals surface area contributed by atoms with E-state index in [1.807, 2.05) is 0 Å². The Morgan fingerprint density at radius 3 is 0.760 bits per heavy atom. The Morgan fingerprint density at radius 2 is 0.480 bits per heavy atom. The molecule has 0 aromatic carbocycles. The largest absolute Gasteiger partial charge is 0.462 e. The van der Waals surface area contributed by atoms with Crippen molar-refractivity contribution in [3.05, 3.63) is 48.6 Å². The highest BCUT2D eigenvalue weighted by atomic mass is 16.6. The van der Waals surface area contributed by atoms with Gasteiger partial charge in [-0.15, -0.1) is 0 Å². The van der Waals surface area contributed by atoms with Crippen LogP contribution >= 0.6 is 0 Å². The number of esters is 3. The summed E-state index contributed by atoms with van der Waals surface area (Å²) >= 11 is 0. The molecule has 0 aliphatic rings. The number of hydrogen-bond donors (Lipinski definition) is 0. The summed E-state index contributed by atoms with van der Waals surface area (Å²) in [5.74, 6) is -0.856. The smallest absolute Gasteiger partial charge is 0.306 e. The van der Waals surface area contributed by atoms with E-state index >= 15 is 0 Å². The SMILES string of the molecule is CCCCCCC/C=C\C/C=C\C/C=C\CCCCCCCCCCCCCCC(=O)OCC(COC(=O)CCCCCCCCCCCCCCC)OC(=O)CCCCCCCCC/C=C\CCCCCCCC. The number of hydrogen-bond acceptors (Lipinski definition) is 6. The van der Waals surface area contributed by atoms with Gasteiger partial charge in [-0.1, -0.05) is 301 Å². The molecule has 0 saturated carbocycles. The first kappa shape index (κ1) is 72.4. The normalized spacial score (nSPS) is 12.3. The fourth-order valence-electron chi connectivity index (χ4n) is 9.80. The highest BCUT2D eigenvalue weighted by Crippen LogP contribution is 2.17. The zero-order valence-corrected chi connectivity index (χ0v) is 50.3. The molecule has 0 bridgehead atoms. The molecule has 0 saturated heterocycles. The molecular weight excluding hydrogens is 925 g/mol. The second-order valence-electron chi connectivity index (χ2n) is 22.4. The third-order valence-electron chi connectivity index (χ3n) is 14.8. The van der Waals surface area contributed by atoms with Crippen LogP contribution in [-0.4, -0.2) is 37.2 Å². The zero-order chi connectivity index (χ0) is 54.3. The van der Waals surface area contributed by atoms with E-state index in [2.05, 4.69) is 69.4 Å². The molecule has 0 radical (unpaired) electrons. The maximum atomic E-state index is 12.9. The van der Waals surface area contributed by atoms with Gasteiger partial charge in [-0.05, 0) is 83.5 Å². The highest BCUT2D eigenvalue weighted by molar-refractivity contribution is 5.71. The maximum Gasteiger partial charge on any atom is 0.306 e. The molecule has 1 atom stereocenters. The van der Waals surface area contributed by atoms with Crippen LogP contribution < -0.4 is 0 Å². The fourth-order valence-corrected chi connectivity index (χ4v) is 9.80. The first-order chi connectivity index (χ1) is 37.0. The predicted octanol–water partition coefficient (Wildman–Crippen LogP) is 22.6. The average Bonchev–Trinajstić information content (AvgIpc) is 3.41. The number of carbonyl (C=O) groups is 3. The molecule has 0 aromatic heterocycles. The third-order valence-corrected chi connectivity index (χ3v) is 14.8. The standard InChI is InChI=1S/C69H126O6/c1-4-7-10-13-16-19-22-25-27-29-30-31-32-33-34-35-36-37-38-40-41-44-47-50-53-56-59-62-68(71)74-65-66(64-73-67(70)61-58-55-52-49-46-43-24-21-18-15-12-9-6-3)75-69(72)63-60-57-54-51-48-45-42-39-28-26-23-20-17-14-11-8-5-2/h22,25-26,28-30,32-33,66H,4-21,23-24,27,31,34-65H2,1-3H3/b25-22-,28-26-,30-29-,33-32-. The van der Waals surface area contributed by atoms with E-state index in [-0.39, 0.29) is 31.1 Å². The number of carbonyl (C=O) groups excluding carboxylic acids is 3. The summed E-state index contributed by atoms with van der Waals surface area (Å²) in [6, 6.07) is 0. The van der Waals surface area contributed by atoms with E-state index in [4.69, 9.17) is 14.2 Å². The minimum Gasteiger partial charge on any atom is -0.462 e. The number of allylic oxidation sites excluding steroid dienone is 8. The summed E-state index contributed by atoms with van der Waals surface area (Å²) in [4.78, 5) is 38.3. The lowest BCUT2D eigenvalue weighted by atomic mass is 10.0. The summed E-state index contributed by atoms with van der Waals surface area (Å²) < 4.78 is 16.9. The van der Waals surface area contributed by atoms with Gasteiger partial charge in [-0.25, -0.2) is 0 Å². The van der Waals surface area contributed by atoms with Crippen LogP contribution in [0.3, 0.4) is 0 Å². The van der Waals surface area contributed by atoms with Gasteiger partial charge >= 0.3 is 17.9 Å². The maximum absolute atomic E-state index is 12.9. The van der Waals surface area contributed by atoms with Crippen molar-refractivity contribution < 1.29 is 28.6 Å². The Balaban J connectivity index is 4.25. The second kappa shape index (κ2) is 63.9. The molecule has 0 aliphatic heterocycles. The van der Waals surface area contributed by atoms with E-state index in [0.29, 0.717) is 19.3 Å². The van der Waals surface area contributed by atoms with E-state index in [1.54, 1.807) is 0 Å². The average molecular weight is 1050 g/mol. The Hall–Kier alpha value is -2.63. The summed E-state index contributed by atoms with van der Waals surface area (Å²) in [5, 5.41) is 0. The summed E-state index contributed by atoms with van der Waals surface area (Å²) in [6.45, 7) is 6.67. The van der Waals surface area contributed by atoms with Crippen molar-refractivity contribution in [2.75, 3.05) is 13.2 Å². The molecule has 0 heterocycles. The van der Waals surface area contributed by atoms with Crippen molar-refractivity contribution in [3.8, 4) is 0 Å². The van der Waals surface area contributed by atoms with Gasteiger partial charge in [0.15, 0.2) is 6.10 Å². The minimum atomic E-state index is -0.774. The molecule has 0 amide bonds. The van der Waals surface area contributed by atoms with Gasteiger partial charge < -0.3 is 14.2 Å². The van der Waals surface area contributed by atoms with Crippen molar-refractivity contribution in [1.29, 1.82) is 0 Å². The van der Waals surface area contributed by atoms with Crippen LogP contribution in [0, 0.1) is 0 Å². The number of ether oxygens (including phenoxy) is 3. The van der Waals surface area contributed by atoms with Gasteiger partial charge in [0.25, 0.3) is 0 Å². The predicted molar refractivity (Wildman–Crippen MR) is 325 cm³/mol. The van der Waals surface area contributed by atoms with Crippen molar-refractivity contribution >= 4 is 17.9 Å². The van der Waals surface area contributed by atoms with E-state index in [9.17, 15) is 14.4 Å². The summed E-state index contributed by atoms with van der Waals surface area (Å²) in [5.41, 5.74) is 0. The summed E-state index contributed by atoms with van der Waals surface area (Å²) in [6.07, 6.45) is 79.8. The quantitative estimate of drug-likeness (QED) is 0.0261. The zero-order valence-electron chi connectivity index (χ0n) is 50.3. The van der Waals surface area contributed by atoms with Crippen LogP contribution in [0.15, 0.2) is 48.6 Å². The first-order valence-corrected chi connectivity index (χ1v) is 33.1. The van der Waals surface area contributed by atoms with Crippen LogP contribution in [0.25, 0.3) is 0 Å². The van der Waals surface area contributed by atoms with Gasteiger partial charge in [-0.3, -0.25) is 14.4 Å². The van der Waals surface area contributed by atoms with Crippen molar-refractivity contribution in [2.45, 2.75) is 361 Å². The van der Waals surface area contributed by atoms with Gasteiger partial charge in [0.2, 0.25) is 0 Å². The van der Waals surface area contributed by atoms with Crippen molar-refractivity contribution in [2.24, 2.45) is 0 Å². The monoisotopic (exact) mass is 1050 g/mol. The molecule has 75 heavy (non-hydrogen) atoms. The third kappa shape index (κ3) is 62.1. The van der Waals surface area contributed by atoms with Gasteiger partial charge in [-0.2, -0.15) is 0 Å². The Labute approximate surface area is 467 Å². The fraction of sp³-hybridized carbons (Fsp3) is 0.841. The molecule has 1 unspecified atom stereocenters. The molecule has 6 heteroatoms. The van der Waals surface area contributed by atoms with Crippen LogP contribution in [0.2, 0.25) is 0 Å². The first-order valence-electron chi connectivity index (χ1n) is 33.1. The molecule has 0 rings (SSSR count). The molecule has 0 N–H and O–H groups in total. The Morgan fingerprint density at radius 1 is 0.267 bits per heavy atom. The molecule has 0 aromatic rings. The number of rotatable bonds is 61.